The van der Waals surface area contributed by atoms with Gasteiger partial charge in [-0.3, -0.25) is 0 Å². The fourth-order valence-corrected chi connectivity index (χ4v) is 4.54. The highest BCUT2D eigenvalue weighted by molar-refractivity contribution is 7.89. The molecule has 2 N–H and O–H groups in total. The second-order valence-corrected chi connectivity index (χ2v) is 8.49. The minimum absolute atomic E-state index is 0.132. The van der Waals surface area contributed by atoms with Crippen LogP contribution in [-0.2, 0) is 16.6 Å². The fourth-order valence-electron chi connectivity index (χ4n) is 1.65. The van der Waals surface area contributed by atoms with Crippen LogP contribution < -0.4 is 5.73 Å². The largest absolute Gasteiger partial charge is 0.396 e. The summed E-state index contributed by atoms with van der Waals surface area (Å²) in [6.45, 7) is 0.132. The molecule has 0 aliphatic rings. The monoisotopic (exact) mass is 368 g/mol. The smallest absolute Gasteiger partial charge is 0.244 e. The summed E-state index contributed by atoms with van der Waals surface area (Å²) in [7, 11) is -2.48. The van der Waals surface area contributed by atoms with Crippen LogP contribution in [0.15, 0.2) is 29.2 Å². The number of thiophene rings is 1. The number of nitrogens with two attached hydrogens (primary N) is 1. The predicted molar refractivity (Wildman–Crippen MR) is 83.8 cm³/mol. The van der Waals surface area contributed by atoms with Crippen LogP contribution in [0.3, 0.4) is 0 Å². The van der Waals surface area contributed by atoms with Crippen LogP contribution in [0.1, 0.15) is 4.88 Å². The summed E-state index contributed by atoms with van der Waals surface area (Å²) in [6.07, 6.45) is 0. The van der Waals surface area contributed by atoms with Crippen molar-refractivity contribution in [3.63, 3.8) is 0 Å². The molecule has 0 saturated carbocycles. The summed E-state index contributed by atoms with van der Waals surface area (Å²) >= 11 is 12.9. The highest BCUT2D eigenvalue weighted by Gasteiger charge is 2.25. The molecule has 0 spiro atoms. The Hall–Kier alpha value is -0.860. The first kappa shape index (κ1) is 16.5. The van der Waals surface area contributed by atoms with E-state index in [9.17, 15) is 12.8 Å². The fraction of sp³-hybridized carbons (Fsp3) is 0.167. The zero-order chi connectivity index (χ0) is 15.8. The Morgan fingerprint density at radius 1 is 1.33 bits per heavy atom. The Labute approximate surface area is 135 Å². The molecule has 0 saturated heterocycles. The number of halogens is 3. The molecular formula is C12H11Cl2FN2O2S2. The number of hydrogen-bond acceptors (Lipinski definition) is 4. The van der Waals surface area contributed by atoms with Crippen molar-refractivity contribution in [2.24, 2.45) is 0 Å². The number of nitrogen functional groups attached to an aromatic ring is 1. The van der Waals surface area contributed by atoms with Gasteiger partial charge in [-0.1, -0.05) is 23.2 Å². The maximum Gasteiger partial charge on any atom is 0.244 e. The van der Waals surface area contributed by atoms with Gasteiger partial charge in [-0.15, -0.1) is 11.3 Å². The van der Waals surface area contributed by atoms with Crippen LogP contribution in [0.2, 0.25) is 9.36 Å². The molecule has 0 amide bonds. The lowest BCUT2D eigenvalue weighted by Gasteiger charge is -2.17. The van der Waals surface area contributed by atoms with Gasteiger partial charge in [0.05, 0.1) is 15.0 Å². The van der Waals surface area contributed by atoms with Crippen LogP contribution in [-0.4, -0.2) is 19.8 Å². The van der Waals surface area contributed by atoms with Gasteiger partial charge in [0, 0.05) is 18.5 Å². The Kier molecular flexibility index (Phi) is 4.79. The van der Waals surface area contributed by atoms with E-state index in [4.69, 9.17) is 28.9 Å². The second kappa shape index (κ2) is 6.10. The number of anilines is 1. The van der Waals surface area contributed by atoms with E-state index in [2.05, 4.69) is 0 Å². The molecule has 0 atom stereocenters. The average Bonchev–Trinajstić information content (AvgIpc) is 2.79. The van der Waals surface area contributed by atoms with Crippen molar-refractivity contribution < 1.29 is 12.8 Å². The predicted octanol–water partition coefficient (Wildman–Crippen LogP) is 3.60. The van der Waals surface area contributed by atoms with Crippen molar-refractivity contribution in [3.8, 4) is 0 Å². The van der Waals surface area contributed by atoms with Crippen LogP contribution >= 0.6 is 34.5 Å². The van der Waals surface area contributed by atoms with Gasteiger partial charge >= 0.3 is 0 Å². The third-order valence-corrected chi connectivity index (χ3v) is 6.23. The molecule has 0 radical (unpaired) electrons. The molecule has 2 aromatic rings. The molecule has 9 heteroatoms. The number of nitrogens with zero attached hydrogens (tertiary/aromatic N) is 1. The van der Waals surface area contributed by atoms with Gasteiger partial charge in [0.15, 0.2) is 0 Å². The van der Waals surface area contributed by atoms with Crippen molar-refractivity contribution in [1.82, 2.24) is 4.31 Å². The summed E-state index contributed by atoms with van der Waals surface area (Å²) in [5.74, 6) is -0.758. The molecular weight excluding hydrogens is 358 g/mol. The van der Waals surface area contributed by atoms with E-state index in [-0.39, 0.29) is 22.2 Å². The van der Waals surface area contributed by atoms with Crippen molar-refractivity contribution in [2.75, 3.05) is 12.8 Å². The van der Waals surface area contributed by atoms with Gasteiger partial charge in [0.2, 0.25) is 10.0 Å². The number of sulfonamides is 1. The molecule has 21 heavy (non-hydrogen) atoms. The molecule has 114 valence electrons. The summed E-state index contributed by atoms with van der Waals surface area (Å²) < 4.78 is 39.9. The zero-order valence-electron chi connectivity index (χ0n) is 10.8. The van der Waals surface area contributed by atoms with E-state index in [0.717, 1.165) is 21.3 Å². The lowest BCUT2D eigenvalue weighted by Crippen LogP contribution is -2.26. The van der Waals surface area contributed by atoms with E-state index in [1.807, 2.05) is 0 Å². The van der Waals surface area contributed by atoms with Crippen LogP contribution in [0.5, 0.6) is 0 Å². The zero-order valence-corrected chi connectivity index (χ0v) is 14.0. The highest BCUT2D eigenvalue weighted by Crippen LogP contribution is 2.30. The number of hydrogen-bond donors (Lipinski definition) is 1. The first-order valence-corrected chi connectivity index (χ1v) is 8.68. The number of benzene rings is 1. The lowest BCUT2D eigenvalue weighted by atomic mass is 10.3. The molecule has 0 unspecified atom stereocenters. The summed E-state index contributed by atoms with van der Waals surface area (Å²) in [5.41, 5.74) is 5.14. The van der Waals surface area contributed by atoms with Gasteiger partial charge in [-0.05, 0) is 24.3 Å². The van der Waals surface area contributed by atoms with Gasteiger partial charge < -0.3 is 5.73 Å². The SMILES string of the molecule is CN(Cc1ccc(Cl)s1)S(=O)(=O)c1cc(N)c(F)cc1Cl. The first-order chi connectivity index (χ1) is 9.71. The van der Waals surface area contributed by atoms with E-state index >= 15 is 0 Å². The van der Waals surface area contributed by atoms with Gasteiger partial charge in [0.1, 0.15) is 10.7 Å². The maximum absolute atomic E-state index is 13.3. The third kappa shape index (κ3) is 3.49. The summed E-state index contributed by atoms with van der Waals surface area (Å²) in [5, 5.41) is -0.210. The molecule has 1 heterocycles. The Morgan fingerprint density at radius 3 is 2.57 bits per heavy atom. The van der Waals surface area contributed by atoms with Crippen molar-refractivity contribution in [1.29, 1.82) is 0 Å². The quantitative estimate of drug-likeness (QED) is 0.838. The van der Waals surface area contributed by atoms with Crippen molar-refractivity contribution >= 4 is 50.2 Å². The second-order valence-electron chi connectivity index (χ2n) is 4.27. The van der Waals surface area contributed by atoms with Gasteiger partial charge in [-0.2, -0.15) is 4.31 Å². The molecule has 0 aliphatic carbocycles. The molecule has 1 aromatic heterocycles. The highest BCUT2D eigenvalue weighted by atomic mass is 35.5. The topological polar surface area (TPSA) is 63.4 Å². The lowest BCUT2D eigenvalue weighted by molar-refractivity contribution is 0.469. The van der Waals surface area contributed by atoms with Crippen LogP contribution in [0, 0.1) is 5.82 Å². The Balaban J connectivity index is 2.35. The Morgan fingerprint density at radius 2 is 2.00 bits per heavy atom. The maximum atomic E-state index is 13.3. The number of rotatable bonds is 4. The summed E-state index contributed by atoms with van der Waals surface area (Å²) in [6, 6.07) is 5.33. The van der Waals surface area contributed by atoms with Crippen LogP contribution in [0.4, 0.5) is 10.1 Å². The summed E-state index contributed by atoms with van der Waals surface area (Å²) in [4.78, 5) is 0.547. The molecule has 4 nitrogen and oxygen atoms in total. The van der Waals surface area contributed by atoms with E-state index in [1.54, 1.807) is 12.1 Å². The van der Waals surface area contributed by atoms with E-state index < -0.39 is 15.8 Å². The molecule has 0 fully saturated rings. The normalized spacial score (nSPS) is 12.0. The van der Waals surface area contributed by atoms with Crippen molar-refractivity contribution in [3.05, 3.63) is 44.3 Å². The molecule has 2 rings (SSSR count). The minimum Gasteiger partial charge on any atom is -0.396 e. The van der Waals surface area contributed by atoms with Crippen molar-refractivity contribution in [2.45, 2.75) is 11.4 Å². The van der Waals surface area contributed by atoms with E-state index in [1.165, 1.54) is 18.4 Å². The Bertz CT molecular complexity index is 778. The van der Waals surface area contributed by atoms with Crippen LogP contribution in [0.25, 0.3) is 0 Å². The van der Waals surface area contributed by atoms with Gasteiger partial charge in [-0.25, -0.2) is 12.8 Å². The average molecular weight is 369 g/mol. The van der Waals surface area contributed by atoms with Gasteiger partial charge in [0.25, 0.3) is 0 Å². The van der Waals surface area contributed by atoms with E-state index in [0.29, 0.717) is 4.34 Å². The first-order valence-electron chi connectivity index (χ1n) is 5.67. The molecule has 1 aromatic carbocycles. The third-order valence-electron chi connectivity index (χ3n) is 2.75. The molecule has 0 aliphatic heterocycles. The molecule has 0 bridgehead atoms. The standard InChI is InChI=1S/C12H11Cl2FN2O2S2/c1-17(6-7-2-3-12(14)20-7)21(18,19)11-5-10(16)9(15)4-8(11)13/h2-5H,6,16H2,1H3. The minimum atomic E-state index is -3.88.